The number of H-pyrrole nitrogens is 1. The number of nitrogens with one attached hydrogen (secondary N) is 1. The molecule has 2 unspecified atom stereocenters. The van der Waals surface area contributed by atoms with E-state index in [1.54, 1.807) is 20.8 Å². The summed E-state index contributed by atoms with van der Waals surface area (Å²) in [5.74, 6) is -0.144. The Labute approximate surface area is 159 Å². The van der Waals surface area contributed by atoms with Crippen LogP contribution in [0.4, 0.5) is 4.79 Å². The number of nitrogens with zero attached hydrogens (tertiary/aromatic N) is 1. The Bertz CT molecular complexity index is 929. The van der Waals surface area contributed by atoms with Crippen LogP contribution in [-0.4, -0.2) is 55.4 Å². The zero-order valence-corrected chi connectivity index (χ0v) is 16.9. The van der Waals surface area contributed by atoms with Gasteiger partial charge in [0.1, 0.15) is 11.7 Å². The van der Waals surface area contributed by atoms with E-state index in [0.717, 1.165) is 22.7 Å². The fourth-order valence-electron chi connectivity index (χ4n) is 3.49. The number of likely N-dealkylation sites (tertiary alicyclic amines) is 1. The van der Waals surface area contributed by atoms with Crippen molar-refractivity contribution in [3.8, 4) is 0 Å². The maximum absolute atomic E-state index is 12.4. The predicted molar refractivity (Wildman–Crippen MR) is 103 cm³/mol. The van der Waals surface area contributed by atoms with E-state index in [4.69, 9.17) is 8.92 Å². The van der Waals surface area contributed by atoms with Gasteiger partial charge in [0.05, 0.1) is 12.8 Å². The van der Waals surface area contributed by atoms with Crippen LogP contribution in [0.25, 0.3) is 10.9 Å². The zero-order chi connectivity index (χ0) is 19.8. The summed E-state index contributed by atoms with van der Waals surface area (Å²) in [6.45, 7) is 6.03. The van der Waals surface area contributed by atoms with Crippen LogP contribution in [0.3, 0.4) is 0 Å². The standard InChI is InChI=1S/C19H26N2O5S/c1-19(2,3)25-18(22)21-10-9-14(17(12-21)26-27(4,23)24)15-11-20-16-8-6-5-7-13(15)16/h5-8,11,14,17,20H,9-10,12H2,1-4H3. The number of aromatic nitrogens is 1. The second-order valence-corrected chi connectivity index (χ2v) is 9.55. The van der Waals surface area contributed by atoms with Gasteiger partial charge in [-0.2, -0.15) is 8.42 Å². The van der Waals surface area contributed by atoms with Crippen LogP contribution >= 0.6 is 0 Å². The number of rotatable bonds is 3. The maximum Gasteiger partial charge on any atom is 0.410 e. The summed E-state index contributed by atoms with van der Waals surface area (Å²) in [5, 5.41) is 1.04. The van der Waals surface area contributed by atoms with Crippen LogP contribution in [0.1, 0.15) is 38.7 Å². The molecular formula is C19H26N2O5S. The molecule has 0 aliphatic carbocycles. The Hall–Kier alpha value is -2.06. The van der Waals surface area contributed by atoms with Crippen LogP contribution in [-0.2, 0) is 19.0 Å². The van der Waals surface area contributed by atoms with E-state index in [1.807, 2.05) is 30.5 Å². The number of piperidine rings is 1. The minimum absolute atomic E-state index is 0.144. The molecule has 2 heterocycles. The van der Waals surface area contributed by atoms with E-state index in [-0.39, 0.29) is 12.5 Å². The topological polar surface area (TPSA) is 88.7 Å². The molecule has 1 N–H and O–H groups in total. The van der Waals surface area contributed by atoms with Gasteiger partial charge in [-0.3, -0.25) is 4.18 Å². The molecule has 1 aliphatic rings. The average molecular weight is 394 g/mol. The number of ether oxygens (including phenoxy) is 1. The number of carbonyl (C=O) groups excluding carboxylic acids is 1. The van der Waals surface area contributed by atoms with Gasteiger partial charge in [-0.1, -0.05) is 18.2 Å². The Kier molecular flexibility index (Phi) is 5.22. The summed E-state index contributed by atoms with van der Waals surface area (Å²) in [6, 6.07) is 7.86. The molecule has 1 amide bonds. The van der Waals surface area contributed by atoms with E-state index in [9.17, 15) is 13.2 Å². The van der Waals surface area contributed by atoms with Crippen LogP contribution in [0, 0.1) is 0 Å². The summed E-state index contributed by atoms with van der Waals surface area (Å²) in [5.41, 5.74) is 1.38. The van der Waals surface area contributed by atoms with Crippen LogP contribution < -0.4 is 0 Å². The molecule has 1 fully saturated rings. The summed E-state index contributed by atoms with van der Waals surface area (Å²) in [4.78, 5) is 17.2. The molecule has 0 bridgehead atoms. The number of carbonyl (C=O) groups is 1. The molecule has 7 nitrogen and oxygen atoms in total. The highest BCUT2D eigenvalue weighted by Crippen LogP contribution is 2.35. The van der Waals surface area contributed by atoms with E-state index in [2.05, 4.69) is 4.98 Å². The molecule has 1 aromatic carbocycles. The molecule has 2 aromatic rings. The van der Waals surface area contributed by atoms with Crippen LogP contribution in [0.15, 0.2) is 30.5 Å². The normalized spacial score (nSPS) is 21.4. The smallest absolute Gasteiger partial charge is 0.410 e. The van der Waals surface area contributed by atoms with Crippen molar-refractivity contribution in [3.05, 3.63) is 36.0 Å². The largest absolute Gasteiger partial charge is 0.444 e. The van der Waals surface area contributed by atoms with Crippen molar-refractivity contribution in [1.29, 1.82) is 0 Å². The molecule has 0 spiro atoms. The van der Waals surface area contributed by atoms with Crippen molar-refractivity contribution in [2.24, 2.45) is 0 Å². The van der Waals surface area contributed by atoms with Gasteiger partial charge < -0.3 is 14.6 Å². The molecule has 1 aromatic heterocycles. The quantitative estimate of drug-likeness (QED) is 0.808. The van der Waals surface area contributed by atoms with E-state index < -0.39 is 27.9 Å². The van der Waals surface area contributed by atoms with Crippen molar-refractivity contribution in [1.82, 2.24) is 9.88 Å². The predicted octanol–water partition coefficient (Wildman–Crippen LogP) is 3.24. The molecule has 3 rings (SSSR count). The van der Waals surface area contributed by atoms with Crippen molar-refractivity contribution < 1.29 is 22.1 Å². The number of aromatic amines is 1. The minimum atomic E-state index is -3.67. The van der Waals surface area contributed by atoms with Gasteiger partial charge in [-0.15, -0.1) is 0 Å². The first-order chi connectivity index (χ1) is 12.5. The lowest BCUT2D eigenvalue weighted by Gasteiger charge is -2.38. The SMILES string of the molecule is CC(C)(C)OC(=O)N1CCC(c2c[nH]c3ccccc23)C(OS(C)(=O)=O)C1. The van der Waals surface area contributed by atoms with Gasteiger partial charge in [-0.25, -0.2) is 4.79 Å². The first kappa shape index (κ1) is 19.7. The van der Waals surface area contributed by atoms with Crippen LogP contribution in [0.2, 0.25) is 0 Å². The van der Waals surface area contributed by atoms with E-state index in [0.29, 0.717) is 13.0 Å². The van der Waals surface area contributed by atoms with Gasteiger partial charge in [0.15, 0.2) is 0 Å². The number of hydrogen-bond donors (Lipinski definition) is 1. The van der Waals surface area contributed by atoms with Gasteiger partial charge in [0.2, 0.25) is 0 Å². The highest BCUT2D eigenvalue weighted by molar-refractivity contribution is 7.86. The number of amides is 1. The highest BCUT2D eigenvalue weighted by atomic mass is 32.2. The average Bonchev–Trinajstić information content (AvgIpc) is 2.95. The molecule has 1 aliphatic heterocycles. The van der Waals surface area contributed by atoms with Gasteiger partial charge in [0, 0.05) is 29.6 Å². The second kappa shape index (κ2) is 7.16. The number of benzene rings is 1. The second-order valence-electron chi connectivity index (χ2n) is 7.95. The van der Waals surface area contributed by atoms with Crippen molar-refractivity contribution in [2.45, 2.75) is 44.8 Å². The molecule has 1 saturated heterocycles. The molecule has 0 radical (unpaired) electrons. The molecule has 27 heavy (non-hydrogen) atoms. The third kappa shape index (κ3) is 4.81. The monoisotopic (exact) mass is 394 g/mol. The zero-order valence-electron chi connectivity index (χ0n) is 16.1. The fourth-order valence-corrected chi connectivity index (χ4v) is 4.13. The number of para-hydroxylation sites is 1. The molecular weight excluding hydrogens is 368 g/mol. The molecule has 0 saturated carbocycles. The van der Waals surface area contributed by atoms with E-state index >= 15 is 0 Å². The number of fused-ring (bicyclic) bond motifs is 1. The maximum atomic E-state index is 12.4. The first-order valence-electron chi connectivity index (χ1n) is 8.96. The Balaban J connectivity index is 1.87. The molecule has 8 heteroatoms. The lowest BCUT2D eigenvalue weighted by Crippen LogP contribution is -2.48. The summed E-state index contributed by atoms with van der Waals surface area (Å²) in [6.07, 6.45) is 2.40. The summed E-state index contributed by atoms with van der Waals surface area (Å²) >= 11 is 0. The van der Waals surface area contributed by atoms with Gasteiger partial charge in [-0.05, 0) is 38.8 Å². The fraction of sp³-hybridized carbons (Fsp3) is 0.526. The lowest BCUT2D eigenvalue weighted by molar-refractivity contribution is 0.00446. The van der Waals surface area contributed by atoms with Crippen molar-refractivity contribution in [3.63, 3.8) is 0 Å². The highest BCUT2D eigenvalue weighted by Gasteiger charge is 2.37. The van der Waals surface area contributed by atoms with E-state index in [1.165, 1.54) is 4.90 Å². The minimum Gasteiger partial charge on any atom is -0.444 e. The molecule has 148 valence electrons. The van der Waals surface area contributed by atoms with Crippen molar-refractivity contribution >= 4 is 27.1 Å². The Morgan fingerprint density at radius 1 is 1.26 bits per heavy atom. The summed E-state index contributed by atoms with van der Waals surface area (Å²) in [7, 11) is -3.67. The number of hydrogen-bond acceptors (Lipinski definition) is 5. The first-order valence-corrected chi connectivity index (χ1v) is 10.8. The molecule has 2 atom stereocenters. The summed E-state index contributed by atoms with van der Waals surface area (Å²) < 4.78 is 34.4. The lowest BCUT2D eigenvalue weighted by atomic mass is 9.87. The van der Waals surface area contributed by atoms with Gasteiger partial charge in [0.25, 0.3) is 10.1 Å². The Morgan fingerprint density at radius 3 is 2.63 bits per heavy atom. The third-order valence-electron chi connectivity index (χ3n) is 4.53. The van der Waals surface area contributed by atoms with Crippen molar-refractivity contribution in [2.75, 3.05) is 19.3 Å². The third-order valence-corrected chi connectivity index (χ3v) is 5.13. The Morgan fingerprint density at radius 2 is 1.96 bits per heavy atom. The van der Waals surface area contributed by atoms with Crippen LogP contribution in [0.5, 0.6) is 0 Å². The van der Waals surface area contributed by atoms with Gasteiger partial charge >= 0.3 is 6.09 Å².